The van der Waals surface area contributed by atoms with Crippen molar-refractivity contribution >= 4 is 34.0 Å². The van der Waals surface area contributed by atoms with Gasteiger partial charge in [-0.15, -0.1) is 12.4 Å². The number of nitrogens with one attached hydrogen (secondary N) is 3. The van der Waals surface area contributed by atoms with Gasteiger partial charge in [-0.2, -0.15) is 0 Å². The van der Waals surface area contributed by atoms with Gasteiger partial charge in [0.1, 0.15) is 0 Å². The molecule has 1 aromatic rings. The second kappa shape index (κ2) is 7.41. The lowest BCUT2D eigenvalue weighted by Crippen LogP contribution is -2.48. The maximum atomic E-state index is 12.2. The van der Waals surface area contributed by atoms with Crippen molar-refractivity contribution < 1.29 is 13.2 Å². The Morgan fingerprint density at radius 1 is 1.36 bits per heavy atom. The van der Waals surface area contributed by atoms with Gasteiger partial charge in [0.2, 0.25) is 15.9 Å². The third-order valence-electron chi connectivity index (χ3n) is 4.03. The molecule has 1 heterocycles. The van der Waals surface area contributed by atoms with Gasteiger partial charge in [-0.05, 0) is 50.7 Å². The summed E-state index contributed by atoms with van der Waals surface area (Å²) < 4.78 is 26.1. The zero-order valence-corrected chi connectivity index (χ0v) is 14.5. The predicted molar refractivity (Wildman–Crippen MR) is 88.8 cm³/mol. The molecule has 124 valence electrons. The number of sulfonamides is 1. The molecule has 6 nitrogen and oxygen atoms in total. The molecular weight excluding hydrogens is 326 g/mol. The van der Waals surface area contributed by atoms with E-state index >= 15 is 0 Å². The van der Waals surface area contributed by atoms with Gasteiger partial charge in [0.25, 0.3) is 0 Å². The molecule has 1 fully saturated rings. The number of rotatable bonds is 5. The zero-order chi connectivity index (χ0) is 15.6. The average molecular weight is 348 g/mol. The van der Waals surface area contributed by atoms with Gasteiger partial charge in [-0.3, -0.25) is 4.79 Å². The Labute approximate surface area is 137 Å². The van der Waals surface area contributed by atoms with Gasteiger partial charge in [0.05, 0.1) is 4.90 Å². The van der Waals surface area contributed by atoms with Crippen molar-refractivity contribution in [2.45, 2.75) is 18.7 Å². The lowest BCUT2D eigenvalue weighted by atomic mass is 9.88. The molecule has 0 aliphatic carbocycles. The van der Waals surface area contributed by atoms with Crippen molar-refractivity contribution in [2.75, 3.05) is 25.5 Å². The van der Waals surface area contributed by atoms with Crippen LogP contribution < -0.4 is 15.4 Å². The van der Waals surface area contributed by atoms with Crippen LogP contribution in [0, 0.1) is 18.8 Å². The van der Waals surface area contributed by atoms with Crippen LogP contribution >= 0.6 is 12.4 Å². The second-order valence-corrected chi connectivity index (χ2v) is 7.19. The predicted octanol–water partition coefficient (Wildman–Crippen LogP) is 1.12. The van der Waals surface area contributed by atoms with Crippen LogP contribution in [0.1, 0.15) is 12.5 Å². The molecule has 1 aliphatic rings. The number of hydrogen-bond donors (Lipinski definition) is 3. The minimum atomic E-state index is -3.53. The van der Waals surface area contributed by atoms with E-state index < -0.39 is 10.0 Å². The van der Waals surface area contributed by atoms with Gasteiger partial charge < -0.3 is 10.6 Å². The highest BCUT2D eigenvalue weighted by Gasteiger charge is 2.29. The number of carbonyl (C=O) groups excluding carboxylic acids is 1. The quantitative estimate of drug-likeness (QED) is 0.745. The number of amides is 1. The fourth-order valence-electron chi connectivity index (χ4n) is 2.28. The zero-order valence-electron chi connectivity index (χ0n) is 12.8. The fourth-order valence-corrected chi connectivity index (χ4v) is 3.27. The monoisotopic (exact) mass is 347 g/mol. The van der Waals surface area contributed by atoms with Gasteiger partial charge in [0, 0.05) is 11.6 Å². The summed E-state index contributed by atoms with van der Waals surface area (Å²) in [5.74, 6) is 0.161. The van der Waals surface area contributed by atoms with Gasteiger partial charge >= 0.3 is 0 Å². The maximum absolute atomic E-state index is 12.2. The number of carbonyl (C=O) groups is 1. The molecule has 3 N–H and O–H groups in total. The van der Waals surface area contributed by atoms with E-state index in [-0.39, 0.29) is 29.1 Å². The minimum absolute atomic E-state index is 0. The Kier molecular flexibility index (Phi) is 6.37. The topological polar surface area (TPSA) is 87.3 Å². The highest BCUT2D eigenvalue weighted by atomic mass is 35.5. The summed E-state index contributed by atoms with van der Waals surface area (Å²) in [5.41, 5.74) is 1.08. The molecule has 0 radical (unpaired) electrons. The lowest BCUT2D eigenvalue weighted by molar-refractivity contribution is -0.121. The van der Waals surface area contributed by atoms with E-state index in [0.29, 0.717) is 17.2 Å². The molecule has 0 spiro atoms. The molecule has 1 aromatic carbocycles. The molecule has 0 aromatic heterocycles. The summed E-state index contributed by atoms with van der Waals surface area (Å²) in [6.45, 7) is 5.28. The van der Waals surface area contributed by atoms with Crippen LogP contribution in [0.4, 0.5) is 5.69 Å². The van der Waals surface area contributed by atoms with Crippen molar-refractivity contribution in [2.24, 2.45) is 11.8 Å². The second-order valence-electron chi connectivity index (χ2n) is 5.33. The molecule has 1 saturated heterocycles. The van der Waals surface area contributed by atoms with Gasteiger partial charge in [-0.1, -0.05) is 13.0 Å². The highest BCUT2D eigenvalue weighted by molar-refractivity contribution is 7.89. The third kappa shape index (κ3) is 3.78. The summed E-state index contributed by atoms with van der Waals surface area (Å²) in [5, 5.41) is 5.98. The standard InChI is InChI=1S/C14H21N3O3S.ClH/c1-9(11-7-16-8-11)14(18)17-12-5-4-6-13(10(12)2)21(19,20)15-3;/h4-6,9,11,15-16H,7-8H2,1-3H3,(H,17,18);1H. The summed E-state index contributed by atoms with van der Waals surface area (Å²) in [4.78, 5) is 12.4. The molecule has 1 aliphatic heterocycles. The number of anilines is 1. The first-order valence-corrected chi connectivity index (χ1v) is 8.40. The average Bonchev–Trinajstić information content (AvgIpc) is 2.38. The Morgan fingerprint density at radius 2 is 2.00 bits per heavy atom. The van der Waals surface area contributed by atoms with Crippen molar-refractivity contribution in [1.29, 1.82) is 0 Å². The SMILES string of the molecule is CNS(=O)(=O)c1cccc(NC(=O)C(C)C2CNC2)c1C.Cl. The van der Waals surface area contributed by atoms with E-state index in [1.165, 1.54) is 13.1 Å². The Morgan fingerprint density at radius 3 is 2.50 bits per heavy atom. The van der Waals surface area contributed by atoms with Crippen molar-refractivity contribution in [1.82, 2.24) is 10.0 Å². The first-order chi connectivity index (χ1) is 9.86. The Hall–Kier alpha value is -1.15. The molecule has 1 amide bonds. The smallest absolute Gasteiger partial charge is 0.240 e. The number of halogens is 1. The first-order valence-electron chi connectivity index (χ1n) is 6.91. The van der Waals surface area contributed by atoms with Crippen molar-refractivity contribution in [3.8, 4) is 0 Å². The van der Waals surface area contributed by atoms with Crippen LogP contribution in [0.3, 0.4) is 0 Å². The van der Waals surface area contributed by atoms with Crippen LogP contribution in [0.2, 0.25) is 0 Å². The maximum Gasteiger partial charge on any atom is 0.240 e. The molecule has 22 heavy (non-hydrogen) atoms. The van der Waals surface area contributed by atoms with E-state index in [4.69, 9.17) is 0 Å². The van der Waals surface area contributed by atoms with Crippen LogP contribution in [0.5, 0.6) is 0 Å². The molecule has 8 heteroatoms. The normalized spacial score (nSPS) is 16.3. The fraction of sp³-hybridized carbons (Fsp3) is 0.500. The van der Waals surface area contributed by atoms with E-state index in [1.54, 1.807) is 19.1 Å². The first kappa shape index (κ1) is 18.9. The third-order valence-corrected chi connectivity index (χ3v) is 5.59. The van der Waals surface area contributed by atoms with Crippen LogP contribution in [0.25, 0.3) is 0 Å². The molecule has 0 bridgehead atoms. The summed E-state index contributed by atoms with van der Waals surface area (Å²) >= 11 is 0. The van der Waals surface area contributed by atoms with Crippen molar-refractivity contribution in [3.05, 3.63) is 23.8 Å². The molecule has 0 saturated carbocycles. The number of hydrogen-bond acceptors (Lipinski definition) is 4. The largest absolute Gasteiger partial charge is 0.326 e. The molecular formula is C14H22ClN3O3S. The summed E-state index contributed by atoms with van der Waals surface area (Å²) in [6, 6.07) is 4.87. The number of benzene rings is 1. The van der Waals surface area contributed by atoms with E-state index in [1.807, 2.05) is 6.92 Å². The van der Waals surface area contributed by atoms with Crippen LogP contribution in [0.15, 0.2) is 23.1 Å². The minimum Gasteiger partial charge on any atom is -0.326 e. The lowest BCUT2D eigenvalue weighted by Gasteiger charge is -2.31. The molecule has 2 rings (SSSR count). The molecule has 1 atom stereocenters. The van der Waals surface area contributed by atoms with Crippen molar-refractivity contribution in [3.63, 3.8) is 0 Å². The van der Waals surface area contributed by atoms with Gasteiger partial charge in [-0.25, -0.2) is 13.1 Å². The van der Waals surface area contributed by atoms with Gasteiger partial charge in [0.15, 0.2) is 0 Å². The van der Waals surface area contributed by atoms with E-state index in [2.05, 4.69) is 15.4 Å². The van der Waals surface area contributed by atoms with E-state index in [9.17, 15) is 13.2 Å². The Balaban J connectivity index is 0.00000242. The molecule has 1 unspecified atom stereocenters. The highest BCUT2D eigenvalue weighted by Crippen LogP contribution is 2.24. The summed E-state index contributed by atoms with van der Waals surface area (Å²) in [7, 11) is -2.16. The van der Waals surface area contributed by atoms with Crippen LogP contribution in [-0.2, 0) is 14.8 Å². The van der Waals surface area contributed by atoms with Crippen LogP contribution in [-0.4, -0.2) is 34.5 Å². The Bertz CT molecular complexity index is 645. The van der Waals surface area contributed by atoms with E-state index in [0.717, 1.165) is 13.1 Å². The summed E-state index contributed by atoms with van der Waals surface area (Å²) in [6.07, 6.45) is 0.